The van der Waals surface area contributed by atoms with Gasteiger partial charge in [-0.05, 0) is 18.7 Å². The van der Waals surface area contributed by atoms with E-state index in [4.69, 9.17) is 0 Å². The van der Waals surface area contributed by atoms with Crippen molar-refractivity contribution in [2.75, 3.05) is 13.1 Å². The molecule has 0 fully saturated rings. The molecule has 0 unspecified atom stereocenters. The third-order valence-corrected chi connectivity index (χ3v) is 1.77. The van der Waals surface area contributed by atoms with Crippen LogP contribution in [-0.4, -0.2) is 18.9 Å². The topological polar surface area (TPSA) is 29.1 Å². The average Bonchev–Trinajstić information content (AvgIpc) is 2.14. The van der Waals surface area contributed by atoms with Crippen molar-refractivity contribution < 1.29 is 13.6 Å². The number of likely N-dealkylation sites (N-methyl/N-ethyl adjacent to an activating group) is 1. The molecule has 0 amide bonds. The Morgan fingerprint density at radius 3 is 2.71 bits per heavy atom. The van der Waals surface area contributed by atoms with Gasteiger partial charge in [0.05, 0.1) is 12.1 Å². The summed E-state index contributed by atoms with van der Waals surface area (Å²) in [5.74, 6) is -1.86. The second kappa shape index (κ2) is 4.81. The van der Waals surface area contributed by atoms with Crippen molar-refractivity contribution in [1.29, 1.82) is 0 Å². The summed E-state index contributed by atoms with van der Waals surface area (Å²) in [6.45, 7) is 2.54. The fourth-order valence-corrected chi connectivity index (χ4v) is 1.05. The number of hydrogen-bond donors (Lipinski definition) is 1. The van der Waals surface area contributed by atoms with Gasteiger partial charge in [-0.1, -0.05) is 6.92 Å². The van der Waals surface area contributed by atoms with E-state index in [0.29, 0.717) is 12.6 Å². The Morgan fingerprint density at radius 1 is 1.43 bits per heavy atom. The molecule has 0 aromatic heterocycles. The lowest BCUT2D eigenvalue weighted by atomic mass is 10.1. The van der Waals surface area contributed by atoms with Gasteiger partial charge in [0.15, 0.2) is 5.78 Å². The standard InChI is InChI=1S/C10H11F2NO/c1-2-13-6-10(14)8-4-3-7(11)5-9(8)12/h3-5,13H,2,6H2,1H3. The number of carbonyl (C=O) groups is 1. The van der Waals surface area contributed by atoms with Gasteiger partial charge >= 0.3 is 0 Å². The highest BCUT2D eigenvalue weighted by Gasteiger charge is 2.11. The van der Waals surface area contributed by atoms with Crippen molar-refractivity contribution in [2.45, 2.75) is 6.92 Å². The van der Waals surface area contributed by atoms with Crippen LogP contribution in [0.2, 0.25) is 0 Å². The SMILES string of the molecule is CCNCC(=O)c1ccc(F)cc1F. The van der Waals surface area contributed by atoms with Crippen LogP contribution >= 0.6 is 0 Å². The zero-order chi connectivity index (χ0) is 10.6. The maximum atomic E-state index is 13.0. The smallest absolute Gasteiger partial charge is 0.179 e. The molecule has 14 heavy (non-hydrogen) atoms. The van der Waals surface area contributed by atoms with Crippen LogP contribution < -0.4 is 5.32 Å². The van der Waals surface area contributed by atoms with Gasteiger partial charge < -0.3 is 5.32 Å². The van der Waals surface area contributed by atoms with Gasteiger partial charge in [-0.2, -0.15) is 0 Å². The monoisotopic (exact) mass is 199 g/mol. The number of nitrogens with one attached hydrogen (secondary N) is 1. The summed E-state index contributed by atoms with van der Waals surface area (Å²) in [6.07, 6.45) is 0. The maximum absolute atomic E-state index is 13.0. The molecule has 0 aliphatic heterocycles. The van der Waals surface area contributed by atoms with E-state index < -0.39 is 11.6 Å². The molecule has 0 atom stereocenters. The van der Waals surface area contributed by atoms with Crippen LogP contribution in [0, 0.1) is 11.6 Å². The molecule has 76 valence electrons. The van der Waals surface area contributed by atoms with Crippen molar-refractivity contribution in [1.82, 2.24) is 5.32 Å². The first kappa shape index (κ1) is 10.8. The van der Waals surface area contributed by atoms with Crippen molar-refractivity contribution >= 4 is 5.78 Å². The minimum atomic E-state index is -0.812. The van der Waals surface area contributed by atoms with Gasteiger partial charge in [-0.25, -0.2) is 8.78 Å². The van der Waals surface area contributed by atoms with E-state index in [0.717, 1.165) is 12.1 Å². The van der Waals surface area contributed by atoms with E-state index in [2.05, 4.69) is 5.32 Å². The first-order valence-electron chi connectivity index (χ1n) is 4.34. The number of ketones is 1. The lowest BCUT2D eigenvalue weighted by Gasteiger charge is -2.02. The predicted molar refractivity (Wildman–Crippen MR) is 49.2 cm³/mol. The molecule has 0 radical (unpaired) electrons. The number of hydrogen-bond acceptors (Lipinski definition) is 2. The summed E-state index contributed by atoms with van der Waals surface area (Å²) in [6, 6.07) is 2.94. The van der Waals surface area contributed by atoms with Crippen molar-refractivity contribution in [3.8, 4) is 0 Å². The van der Waals surface area contributed by atoms with E-state index in [-0.39, 0.29) is 17.9 Å². The number of Topliss-reactive ketones (excluding diaryl/α,β-unsaturated/α-hetero) is 1. The molecule has 4 heteroatoms. The van der Waals surface area contributed by atoms with Crippen LogP contribution in [0.5, 0.6) is 0 Å². The Balaban J connectivity index is 2.80. The third-order valence-electron chi connectivity index (χ3n) is 1.77. The normalized spacial score (nSPS) is 10.2. The first-order chi connectivity index (χ1) is 6.65. The quantitative estimate of drug-likeness (QED) is 0.748. The largest absolute Gasteiger partial charge is 0.310 e. The zero-order valence-electron chi connectivity index (χ0n) is 7.81. The molecule has 2 nitrogen and oxygen atoms in total. The van der Waals surface area contributed by atoms with Crippen LogP contribution in [0.3, 0.4) is 0 Å². The summed E-state index contributed by atoms with van der Waals surface area (Å²) in [5, 5.41) is 2.78. The Hall–Kier alpha value is -1.29. The molecule has 0 spiro atoms. The highest BCUT2D eigenvalue weighted by Crippen LogP contribution is 2.09. The Morgan fingerprint density at radius 2 is 2.14 bits per heavy atom. The molecule has 1 rings (SSSR count). The summed E-state index contributed by atoms with van der Waals surface area (Å²) < 4.78 is 25.5. The van der Waals surface area contributed by atoms with E-state index in [1.807, 2.05) is 6.92 Å². The highest BCUT2D eigenvalue weighted by molar-refractivity contribution is 5.97. The maximum Gasteiger partial charge on any atom is 0.179 e. The summed E-state index contributed by atoms with van der Waals surface area (Å²) in [4.78, 5) is 11.3. The fraction of sp³-hybridized carbons (Fsp3) is 0.300. The fourth-order valence-electron chi connectivity index (χ4n) is 1.05. The van der Waals surface area contributed by atoms with Crippen molar-refractivity contribution in [2.24, 2.45) is 0 Å². The van der Waals surface area contributed by atoms with Crippen molar-refractivity contribution in [3.63, 3.8) is 0 Å². The number of halogens is 2. The first-order valence-corrected chi connectivity index (χ1v) is 4.34. The van der Waals surface area contributed by atoms with Gasteiger partial charge in [0.1, 0.15) is 11.6 Å². The summed E-state index contributed by atoms with van der Waals surface area (Å²) >= 11 is 0. The van der Waals surface area contributed by atoms with Crippen LogP contribution in [0.4, 0.5) is 8.78 Å². The van der Waals surface area contributed by atoms with Gasteiger partial charge in [0.2, 0.25) is 0 Å². The second-order valence-corrected chi connectivity index (χ2v) is 2.83. The van der Waals surface area contributed by atoms with E-state index in [1.165, 1.54) is 0 Å². The minimum absolute atomic E-state index is 0.0685. The number of rotatable bonds is 4. The molecular weight excluding hydrogens is 188 g/mol. The van der Waals surface area contributed by atoms with Crippen LogP contribution in [0.15, 0.2) is 18.2 Å². The molecular formula is C10H11F2NO. The number of carbonyl (C=O) groups excluding carboxylic acids is 1. The Bertz CT molecular complexity index is 339. The molecule has 1 aromatic rings. The van der Waals surface area contributed by atoms with Gasteiger partial charge in [-0.3, -0.25) is 4.79 Å². The molecule has 0 saturated heterocycles. The van der Waals surface area contributed by atoms with Crippen LogP contribution in [0.1, 0.15) is 17.3 Å². The lowest BCUT2D eigenvalue weighted by molar-refractivity contribution is 0.0988. The Kier molecular flexibility index (Phi) is 3.71. The molecule has 0 aliphatic rings. The molecule has 0 saturated carbocycles. The van der Waals surface area contributed by atoms with Gasteiger partial charge in [-0.15, -0.1) is 0 Å². The third kappa shape index (κ3) is 2.60. The molecule has 0 heterocycles. The van der Waals surface area contributed by atoms with E-state index in [1.54, 1.807) is 0 Å². The van der Waals surface area contributed by atoms with Gasteiger partial charge in [0, 0.05) is 6.07 Å². The van der Waals surface area contributed by atoms with Gasteiger partial charge in [0.25, 0.3) is 0 Å². The minimum Gasteiger partial charge on any atom is -0.310 e. The second-order valence-electron chi connectivity index (χ2n) is 2.83. The van der Waals surface area contributed by atoms with E-state index >= 15 is 0 Å². The average molecular weight is 199 g/mol. The predicted octanol–water partition coefficient (Wildman–Crippen LogP) is 1.76. The summed E-state index contributed by atoms with van der Waals surface area (Å²) in [7, 11) is 0. The molecule has 0 bridgehead atoms. The molecule has 1 N–H and O–H groups in total. The molecule has 0 aliphatic carbocycles. The zero-order valence-corrected chi connectivity index (χ0v) is 7.81. The highest BCUT2D eigenvalue weighted by atomic mass is 19.1. The van der Waals surface area contributed by atoms with Crippen LogP contribution in [-0.2, 0) is 0 Å². The Labute approximate surface area is 80.9 Å². The number of benzene rings is 1. The van der Waals surface area contributed by atoms with Crippen LogP contribution in [0.25, 0.3) is 0 Å². The van der Waals surface area contributed by atoms with E-state index in [9.17, 15) is 13.6 Å². The molecule has 1 aromatic carbocycles. The lowest BCUT2D eigenvalue weighted by Crippen LogP contribution is -2.23. The van der Waals surface area contributed by atoms with Crippen molar-refractivity contribution in [3.05, 3.63) is 35.4 Å². The summed E-state index contributed by atoms with van der Waals surface area (Å²) in [5.41, 5.74) is -0.0765.